The fraction of sp³-hybridized carbons (Fsp3) is 0.417. The molecule has 0 spiro atoms. The maximum atomic E-state index is 8.02. The van der Waals surface area contributed by atoms with E-state index in [-0.39, 0.29) is 5.41 Å². The molecule has 0 fully saturated rings. The number of alkyl halides is 1. The fourth-order valence-electron chi connectivity index (χ4n) is 1.12. The Balaban J connectivity index is 2.67. The Hall–Kier alpha value is -0.380. The summed E-state index contributed by atoms with van der Waals surface area (Å²) < 4.78 is 0.996. The first-order valence-corrected chi connectivity index (χ1v) is 6.26. The average Bonchev–Trinajstić information content (AvgIpc) is 2.19. The molecule has 1 aromatic rings. The molecule has 0 amide bonds. The molecule has 1 rings (SSSR count). The van der Waals surface area contributed by atoms with Crippen LogP contribution in [0.5, 0.6) is 0 Å². The van der Waals surface area contributed by atoms with Crippen molar-refractivity contribution in [2.45, 2.75) is 20.3 Å². The van der Waals surface area contributed by atoms with Crippen molar-refractivity contribution in [2.75, 3.05) is 4.43 Å². The van der Waals surface area contributed by atoms with Crippen molar-refractivity contribution in [1.29, 1.82) is 5.41 Å². The third kappa shape index (κ3) is 3.08. The highest BCUT2D eigenvalue weighted by Gasteiger charge is 2.21. The molecule has 0 aliphatic heterocycles. The summed E-state index contributed by atoms with van der Waals surface area (Å²) in [7, 11) is 0. The van der Waals surface area contributed by atoms with Crippen molar-refractivity contribution in [1.82, 2.24) is 0 Å². The first-order valence-electron chi connectivity index (χ1n) is 4.74. The SMILES string of the molecule is CC(C)(CI)C(=N)Cc1ccccc1. The Morgan fingerprint density at radius 3 is 2.36 bits per heavy atom. The summed E-state index contributed by atoms with van der Waals surface area (Å²) >= 11 is 2.35. The van der Waals surface area contributed by atoms with E-state index in [1.54, 1.807) is 0 Å². The predicted molar refractivity (Wildman–Crippen MR) is 70.5 cm³/mol. The predicted octanol–water partition coefficient (Wildman–Crippen LogP) is 3.71. The molecule has 1 aromatic carbocycles. The van der Waals surface area contributed by atoms with E-state index in [4.69, 9.17) is 5.41 Å². The van der Waals surface area contributed by atoms with Gasteiger partial charge >= 0.3 is 0 Å². The largest absolute Gasteiger partial charge is 0.309 e. The van der Waals surface area contributed by atoms with E-state index in [2.05, 4.69) is 48.6 Å². The number of halogens is 1. The number of rotatable bonds is 4. The molecule has 2 heteroatoms. The zero-order valence-corrected chi connectivity index (χ0v) is 10.8. The average molecular weight is 301 g/mol. The summed E-state index contributed by atoms with van der Waals surface area (Å²) in [6, 6.07) is 10.2. The standard InChI is InChI=1S/C12H16IN/c1-12(2,9-13)11(14)8-10-6-4-3-5-7-10/h3-7,14H,8-9H2,1-2H3. The molecule has 0 aromatic heterocycles. The van der Waals surface area contributed by atoms with Crippen LogP contribution in [0.2, 0.25) is 0 Å². The van der Waals surface area contributed by atoms with Crippen LogP contribution in [0.1, 0.15) is 19.4 Å². The molecule has 0 saturated heterocycles. The van der Waals surface area contributed by atoms with Gasteiger partial charge in [0.2, 0.25) is 0 Å². The summed E-state index contributed by atoms with van der Waals surface area (Å²) in [6.07, 6.45) is 0.775. The van der Waals surface area contributed by atoms with Gasteiger partial charge < -0.3 is 5.41 Å². The highest BCUT2D eigenvalue weighted by molar-refractivity contribution is 14.1. The molecule has 0 bridgehead atoms. The maximum absolute atomic E-state index is 8.02. The topological polar surface area (TPSA) is 23.9 Å². The van der Waals surface area contributed by atoms with Crippen molar-refractivity contribution < 1.29 is 0 Å². The Bertz CT molecular complexity index is 303. The van der Waals surface area contributed by atoms with Gasteiger partial charge in [-0.15, -0.1) is 0 Å². The van der Waals surface area contributed by atoms with E-state index in [0.717, 1.165) is 16.6 Å². The van der Waals surface area contributed by atoms with Crippen LogP contribution in [0, 0.1) is 10.8 Å². The minimum Gasteiger partial charge on any atom is -0.309 e. The van der Waals surface area contributed by atoms with E-state index < -0.39 is 0 Å². The molecule has 0 heterocycles. The minimum absolute atomic E-state index is 0.0242. The lowest BCUT2D eigenvalue weighted by atomic mass is 9.86. The second kappa shape index (κ2) is 4.91. The van der Waals surface area contributed by atoms with Crippen molar-refractivity contribution in [3.8, 4) is 0 Å². The van der Waals surface area contributed by atoms with Crippen LogP contribution < -0.4 is 0 Å². The van der Waals surface area contributed by atoms with Gasteiger partial charge in [-0.3, -0.25) is 0 Å². The van der Waals surface area contributed by atoms with Gasteiger partial charge in [-0.1, -0.05) is 66.8 Å². The molecule has 0 atom stereocenters. The van der Waals surface area contributed by atoms with Gasteiger partial charge in [0.1, 0.15) is 0 Å². The number of benzene rings is 1. The van der Waals surface area contributed by atoms with Gasteiger partial charge in [0.25, 0.3) is 0 Å². The third-order valence-electron chi connectivity index (χ3n) is 2.37. The van der Waals surface area contributed by atoms with Crippen molar-refractivity contribution >= 4 is 28.3 Å². The zero-order chi connectivity index (χ0) is 10.6. The quantitative estimate of drug-likeness (QED) is 0.498. The molecule has 0 unspecified atom stereocenters. The van der Waals surface area contributed by atoms with Crippen LogP contribution >= 0.6 is 22.6 Å². The minimum atomic E-state index is 0.0242. The lowest BCUT2D eigenvalue weighted by molar-refractivity contribution is 0.600. The first kappa shape index (κ1) is 11.7. The van der Waals surface area contributed by atoms with Crippen LogP contribution in [-0.2, 0) is 6.42 Å². The second-order valence-corrected chi connectivity index (χ2v) is 4.92. The van der Waals surface area contributed by atoms with Crippen molar-refractivity contribution in [3.05, 3.63) is 35.9 Å². The summed E-state index contributed by atoms with van der Waals surface area (Å²) in [5, 5.41) is 8.02. The highest BCUT2D eigenvalue weighted by Crippen LogP contribution is 2.22. The van der Waals surface area contributed by atoms with E-state index in [0.29, 0.717) is 0 Å². The molecule has 0 saturated carbocycles. The Labute approximate surface area is 99.6 Å². The second-order valence-electron chi connectivity index (χ2n) is 4.16. The van der Waals surface area contributed by atoms with Crippen molar-refractivity contribution in [3.63, 3.8) is 0 Å². The molecule has 14 heavy (non-hydrogen) atoms. The monoisotopic (exact) mass is 301 g/mol. The lowest BCUT2D eigenvalue weighted by Crippen LogP contribution is -2.26. The van der Waals surface area contributed by atoms with Crippen LogP contribution in [0.25, 0.3) is 0 Å². The zero-order valence-electron chi connectivity index (χ0n) is 8.68. The maximum Gasteiger partial charge on any atom is 0.0197 e. The van der Waals surface area contributed by atoms with Crippen LogP contribution in [-0.4, -0.2) is 10.1 Å². The van der Waals surface area contributed by atoms with E-state index >= 15 is 0 Å². The van der Waals surface area contributed by atoms with Gasteiger partial charge in [0.15, 0.2) is 0 Å². The molecule has 1 nitrogen and oxygen atoms in total. The number of hydrogen-bond acceptors (Lipinski definition) is 1. The molecule has 76 valence electrons. The smallest absolute Gasteiger partial charge is 0.0197 e. The number of hydrogen-bond donors (Lipinski definition) is 1. The molecular weight excluding hydrogens is 285 g/mol. The molecule has 1 N–H and O–H groups in total. The Morgan fingerprint density at radius 2 is 1.86 bits per heavy atom. The van der Waals surface area contributed by atoms with Gasteiger partial charge in [0.05, 0.1) is 0 Å². The van der Waals surface area contributed by atoms with Gasteiger partial charge in [0, 0.05) is 22.0 Å². The van der Waals surface area contributed by atoms with E-state index in [9.17, 15) is 0 Å². The summed E-state index contributed by atoms with van der Waals surface area (Å²) in [6.45, 7) is 4.26. The fourth-order valence-corrected chi connectivity index (χ4v) is 1.58. The Morgan fingerprint density at radius 1 is 1.29 bits per heavy atom. The van der Waals surface area contributed by atoms with Crippen LogP contribution in [0.3, 0.4) is 0 Å². The molecule has 0 aliphatic rings. The third-order valence-corrected chi connectivity index (χ3v) is 4.28. The summed E-state index contributed by atoms with van der Waals surface area (Å²) in [4.78, 5) is 0. The van der Waals surface area contributed by atoms with Crippen LogP contribution in [0.4, 0.5) is 0 Å². The van der Waals surface area contributed by atoms with Gasteiger partial charge in [-0.2, -0.15) is 0 Å². The first-order chi connectivity index (χ1) is 6.56. The van der Waals surface area contributed by atoms with E-state index in [1.807, 2.05) is 18.2 Å². The highest BCUT2D eigenvalue weighted by atomic mass is 127. The van der Waals surface area contributed by atoms with Crippen molar-refractivity contribution in [2.24, 2.45) is 5.41 Å². The van der Waals surface area contributed by atoms with Gasteiger partial charge in [-0.25, -0.2) is 0 Å². The molecular formula is C12H16IN. The molecule has 0 aliphatic carbocycles. The van der Waals surface area contributed by atoms with E-state index in [1.165, 1.54) is 5.56 Å². The Kier molecular flexibility index (Phi) is 4.11. The summed E-state index contributed by atoms with van der Waals surface area (Å²) in [5.74, 6) is 0. The van der Waals surface area contributed by atoms with Gasteiger partial charge in [-0.05, 0) is 5.56 Å². The lowest BCUT2D eigenvalue weighted by Gasteiger charge is -2.22. The number of nitrogens with one attached hydrogen (secondary N) is 1. The summed E-state index contributed by atoms with van der Waals surface area (Å²) in [5.41, 5.74) is 2.07. The molecule has 0 radical (unpaired) electrons. The normalized spacial score (nSPS) is 11.4. The van der Waals surface area contributed by atoms with Crippen LogP contribution in [0.15, 0.2) is 30.3 Å².